The van der Waals surface area contributed by atoms with Gasteiger partial charge in [-0.3, -0.25) is 4.68 Å². The highest BCUT2D eigenvalue weighted by molar-refractivity contribution is 6.01. The number of anilines is 2. The fourth-order valence-corrected chi connectivity index (χ4v) is 2.45. The number of carbonyl (C=O) groups excluding carboxylic acids is 1. The van der Waals surface area contributed by atoms with Gasteiger partial charge in [0.25, 0.3) is 0 Å². The summed E-state index contributed by atoms with van der Waals surface area (Å²) in [4.78, 5) is 12.1. The normalized spacial score (nSPS) is 10.7. The first-order chi connectivity index (χ1) is 11.5. The molecule has 3 rings (SSSR count). The second-order valence-corrected chi connectivity index (χ2v) is 5.37. The molecule has 124 valence electrons. The van der Waals surface area contributed by atoms with Crippen molar-refractivity contribution in [3.8, 4) is 5.75 Å². The van der Waals surface area contributed by atoms with Crippen LogP contribution in [-0.2, 0) is 7.05 Å². The molecule has 6 nitrogen and oxygen atoms in total. The third kappa shape index (κ3) is 3.01. The zero-order chi connectivity index (χ0) is 17.3. The number of nitrogens with zero attached hydrogens (tertiary/aromatic N) is 2. The molecule has 7 heteroatoms. The van der Waals surface area contributed by atoms with Crippen LogP contribution in [0.25, 0.3) is 10.9 Å². The second-order valence-electron chi connectivity index (χ2n) is 5.37. The van der Waals surface area contributed by atoms with Gasteiger partial charge in [-0.2, -0.15) is 5.10 Å². The van der Waals surface area contributed by atoms with Crippen LogP contribution in [0.2, 0.25) is 0 Å². The van der Waals surface area contributed by atoms with Crippen molar-refractivity contribution in [1.82, 2.24) is 9.78 Å². The van der Waals surface area contributed by atoms with Gasteiger partial charge in [0, 0.05) is 35.6 Å². The predicted octanol–water partition coefficient (Wildman–Crippen LogP) is 3.67. The number of hydrogen-bond donors (Lipinski definition) is 2. The van der Waals surface area contributed by atoms with E-state index in [1.54, 1.807) is 22.9 Å². The Balaban J connectivity index is 1.73. The van der Waals surface area contributed by atoms with Gasteiger partial charge in [0.1, 0.15) is 0 Å². The fourth-order valence-electron chi connectivity index (χ4n) is 2.45. The molecule has 0 unspecified atom stereocenters. The number of urea groups is 1. The molecular weight excluding hydrogens is 311 g/mol. The van der Waals surface area contributed by atoms with E-state index in [0.717, 1.165) is 16.6 Å². The molecule has 0 aliphatic heterocycles. The van der Waals surface area contributed by atoms with Crippen LogP contribution in [0.5, 0.6) is 5.75 Å². The number of aryl methyl sites for hydroxylation is 2. The Labute approximate surface area is 138 Å². The van der Waals surface area contributed by atoms with Crippen molar-refractivity contribution in [1.29, 1.82) is 0 Å². The first-order valence-electron chi connectivity index (χ1n) is 7.33. The molecule has 0 aliphatic carbocycles. The molecule has 0 aliphatic rings. The molecule has 24 heavy (non-hydrogen) atoms. The number of aromatic nitrogens is 2. The Morgan fingerprint density at radius 2 is 1.83 bits per heavy atom. The van der Waals surface area contributed by atoms with E-state index in [9.17, 15) is 9.18 Å². The van der Waals surface area contributed by atoms with Crippen LogP contribution in [0.4, 0.5) is 20.6 Å². The van der Waals surface area contributed by atoms with E-state index >= 15 is 0 Å². The third-order valence-electron chi connectivity index (χ3n) is 3.80. The molecule has 3 aromatic rings. The lowest BCUT2D eigenvalue weighted by molar-refractivity contribution is 0.262. The van der Waals surface area contributed by atoms with Gasteiger partial charge in [-0.1, -0.05) is 0 Å². The molecule has 2 N–H and O–H groups in total. The number of amides is 2. The highest BCUT2D eigenvalue weighted by atomic mass is 19.1. The molecule has 0 saturated carbocycles. The molecule has 1 aromatic heterocycles. The summed E-state index contributed by atoms with van der Waals surface area (Å²) in [6.07, 6.45) is 0. The topological polar surface area (TPSA) is 68.2 Å². The number of hydrogen-bond acceptors (Lipinski definition) is 3. The van der Waals surface area contributed by atoms with E-state index in [0.29, 0.717) is 11.4 Å². The molecule has 0 fully saturated rings. The summed E-state index contributed by atoms with van der Waals surface area (Å²) >= 11 is 0. The quantitative estimate of drug-likeness (QED) is 0.771. The number of rotatable bonds is 3. The van der Waals surface area contributed by atoms with Gasteiger partial charge in [0.05, 0.1) is 12.6 Å². The first kappa shape index (κ1) is 15.8. The highest BCUT2D eigenvalue weighted by Gasteiger charge is 2.09. The van der Waals surface area contributed by atoms with Crippen molar-refractivity contribution in [2.75, 3.05) is 17.7 Å². The average molecular weight is 328 g/mol. The average Bonchev–Trinajstić information content (AvgIpc) is 2.81. The molecule has 0 atom stereocenters. The largest absolute Gasteiger partial charge is 0.494 e. The van der Waals surface area contributed by atoms with Crippen LogP contribution < -0.4 is 15.4 Å². The maximum absolute atomic E-state index is 13.6. The second kappa shape index (κ2) is 6.19. The minimum absolute atomic E-state index is 0.122. The van der Waals surface area contributed by atoms with E-state index in [-0.39, 0.29) is 5.75 Å². The molecule has 1 heterocycles. The van der Waals surface area contributed by atoms with E-state index in [4.69, 9.17) is 4.74 Å². The fraction of sp³-hybridized carbons (Fsp3) is 0.176. The van der Waals surface area contributed by atoms with Crippen molar-refractivity contribution in [2.24, 2.45) is 7.05 Å². The molecular formula is C17H17FN4O2. The van der Waals surface area contributed by atoms with E-state index in [2.05, 4.69) is 15.7 Å². The Kier molecular flexibility index (Phi) is 4.07. The predicted molar refractivity (Wildman–Crippen MR) is 91.0 cm³/mol. The van der Waals surface area contributed by atoms with Crippen molar-refractivity contribution >= 4 is 28.3 Å². The summed E-state index contributed by atoms with van der Waals surface area (Å²) in [7, 11) is 3.25. The van der Waals surface area contributed by atoms with Crippen LogP contribution >= 0.6 is 0 Å². The Morgan fingerprint density at radius 3 is 2.50 bits per heavy atom. The van der Waals surface area contributed by atoms with Gasteiger partial charge in [0.2, 0.25) is 0 Å². The Bertz CT molecular complexity index is 920. The van der Waals surface area contributed by atoms with Crippen LogP contribution in [-0.4, -0.2) is 22.9 Å². The number of halogens is 1. The summed E-state index contributed by atoms with van der Waals surface area (Å²) < 4.78 is 20.3. The lowest BCUT2D eigenvalue weighted by Crippen LogP contribution is -2.19. The summed E-state index contributed by atoms with van der Waals surface area (Å²) in [5.74, 6) is -0.419. The zero-order valence-corrected chi connectivity index (χ0v) is 13.6. The molecule has 0 radical (unpaired) electrons. The van der Waals surface area contributed by atoms with Crippen molar-refractivity contribution < 1.29 is 13.9 Å². The molecule has 0 saturated heterocycles. The van der Waals surface area contributed by atoms with Crippen molar-refractivity contribution in [3.63, 3.8) is 0 Å². The lowest BCUT2D eigenvalue weighted by Gasteiger charge is -2.09. The maximum Gasteiger partial charge on any atom is 0.323 e. The number of ether oxygens (including phenoxy) is 1. The number of fused-ring (bicyclic) bond motifs is 1. The summed E-state index contributed by atoms with van der Waals surface area (Å²) in [5.41, 5.74) is 2.78. The summed E-state index contributed by atoms with van der Waals surface area (Å²) in [6.45, 7) is 1.98. The van der Waals surface area contributed by atoms with Gasteiger partial charge in [0.15, 0.2) is 11.6 Å². The smallest absolute Gasteiger partial charge is 0.323 e. The SMILES string of the molecule is COc1ccc(NC(=O)Nc2ccc3c(C)n(C)nc3c2)cc1F. The van der Waals surface area contributed by atoms with E-state index < -0.39 is 11.8 Å². The van der Waals surface area contributed by atoms with Gasteiger partial charge in [-0.05, 0) is 37.3 Å². The maximum atomic E-state index is 13.6. The molecule has 0 bridgehead atoms. The van der Waals surface area contributed by atoms with Crippen LogP contribution in [0, 0.1) is 12.7 Å². The first-order valence-corrected chi connectivity index (χ1v) is 7.33. The van der Waals surface area contributed by atoms with E-state index in [1.165, 1.54) is 19.2 Å². The molecule has 2 aromatic carbocycles. The molecule has 0 spiro atoms. The van der Waals surface area contributed by atoms with Crippen LogP contribution in [0.3, 0.4) is 0 Å². The Hall–Kier alpha value is -3.09. The summed E-state index contributed by atoms with van der Waals surface area (Å²) in [5, 5.41) is 10.7. The minimum Gasteiger partial charge on any atom is -0.494 e. The van der Waals surface area contributed by atoms with Gasteiger partial charge in [-0.15, -0.1) is 0 Å². The molecule has 2 amide bonds. The number of nitrogens with one attached hydrogen (secondary N) is 2. The van der Waals surface area contributed by atoms with Gasteiger partial charge >= 0.3 is 6.03 Å². The Morgan fingerprint density at radius 1 is 1.17 bits per heavy atom. The van der Waals surface area contributed by atoms with Gasteiger partial charge in [-0.25, -0.2) is 9.18 Å². The minimum atomic E-state index is -0.541. The van der Waals surface area contributed by atoms with Crippen LogP contribution in [0.15, 0.2) is 36.4 Å². The standard InChI is InChI=1S/C17H17FN4O2/c1-10-13-6-4-12(9-15(13)21-22(10)2)20-17(23)19-11-5-7-16(24-3)14(18)8-11/h4-9H,1-3H3,(H2,19,20,23). The van der Waals surface area contributed by atoms with E-state index in [1.807, 2.05) is 20.0 Å². The van der Waals surface area contributed by atoms with Crippen molar-refractivity contribution in [2.45, 2.75) is 6.92 Å². The summed E-state index contributed by atoms with van der Waals surface area (Å²) in [6, 6.07) is 9.23. The zero-order valence-electron chi connectivity index (χ0n) is 13.6. The number of carbonyl (C=O) groups is 1. The van der Waals surface area contributed by atoms with Crippen molar-refractivity contribution in [3.05, 3.63) is 47.9 Å². The monoisotopic (exact) mass is 328 g/mol. The highest BCUT2D eigenvalue weighted by Crippen LogP contribution is 2.22. The van der Waals surface area contributed by atoms with Gasteiger partial charge < -0.3 is 15.4 Å². The third-order valence-corrected chi connectivity index (χ3v) is 3.80. The lowest BCUT2D eigenvalue weighted by atomic mass is 10.2. The number of methoxy groups -OCH3 is 1. The van der Waals surface area contributed by atoms with Crippen LogP contribution in [0.1, 0.15) is 5.69 Å². The number of benzene rings is 2.